The lowest BCUT2D eigenvalue weighted by Gasteiger charge is -2.28. The summed E-state index contributed by atoms with van der Waals surface area (Å²) in [6, 6.07) is 0.0227. The van der Waals surface area contributed by atoms with Crippen LogP contribution in [0.3, 0.4) is 0 Å². The Bertz CT molecular complexity index is 240. The molecule has 0 spiro atoms. The molecule has 1 amide bonds. The molecular weight excluding hydrogens is 202 g/mol. The van der Waals surface area contributed by atoms with Crippen LogP contribution in [0.15, 0.2) is 0 Å². The molecule has 1 fully saturated rings. The fourth-order valence-corrected chi connectivity index (χ4v) is 2.11. The molecule has 0 saturated carbocycles. The summed E-state index contributed by atoms with van der Waals surface area (Å²) in [5.41, 5.74) is 0. The number of carbonyl (C=O) groups is 1. The molecule has 0 bridgehead atoms. The first-order chi connectivity index (χ1) is 7.47. The van der Waals surface area contributed by atoms with E-state index in [0.29, 0.717) is 5.92 Å². The van der Waals surface area contributed by atoms with Crippen LogP contribution in [0.5, 0.6) is 0 Å². The molecule has 2 unspecified atom stereocenters. The Morgan fingerprint density at radius 2 is 2.06 bits per heavy atom. The molecule has 1 rings (SSSR count). The molecule has 0 radical (unpaired) electrons. The Morgan fingerprint density at radius 1 is 1.44 bits per heavy atom. The number of likely N-dealkylation sites (N-methyl/N-ethyl adjacent to an activating group) is 1. The van der Waals surface area contributed by atoms with Gasteiger partial charge in [-0.2, -0.15) is 0 Å². The minimum absolute atomic E-state index is 0.0227. The average molecular weight is 227 g/mol. The Labute approximate surface area is 99.0 Å². The van der Waals surface area contributed by atoms with E-state index in [1.165, 1.54) is 0 Å². The van der Waals surface area contributed by atoms with Gasteiger partial charge < -0.3 is 9.80 Å². The van der Waals surface area contributed by atoms with E-state index in [-0.39, 0.29) is 18.1 Å². The Balaban J connectivity index is 2.65. The molecule has 16 heavy (non-hydrogen) atoms. The van der Waals surface area contributed by atoms with Gasteiger partial charge in [0.15, 0.2) is 0 Å². The number of rotatable bonds is 5. The summed E-state index contributed by atoms with van der Waals surface area (Å²) in [5, 5.41) is 3.42. The second kappa shape index (κ2) is 5.64. The van der Waals surface area contributed by atoms with Gasteiger partial charge in [-0.15, -0.1) is 0 Å². The molecule has 0 aromatic rings. The topological polar surface area (TPSA) is 35.6 Å². The molecule has 0 aromatic carbocycles. The van der Waals surface area contributed by atoms with E-state index in [1.807, 2.05) is 19.0 Å². The molecule has 4 nitrogen and oxygen atoms in total. The maximum Gasteiger partial charge on any atom is 0.241 e. The molecule has 0 aliphatic carbocycles. The van der Waals surface area contributed by atoms with Gasteiger partial charge in [-0.1, -0.05) is 20.8 Å². The van der Waals surface area contributed by atoms with Crippen LogP contribution in [-0.4, -0.2) is 55.1 Å². The highest BCUT2D eigenvalue weighted by molar-refractivity contribution is 5.84. The summed E-state index contributed by atoms with van der Waals surface area (Å²) in [6.45, 7) is 8.12. The van der Waals surface area contributed by atoms with Crippen molar-refractivity contribution in [2.45, 2.75) is 39.4 Å². The quantitative estimate of drug-likeness (QED) is 0.752. The van der Waals surface area contributed by atoms with E-state index in [9.17, 15) is 4.79 Å². The van der Waals surface area contributed by atoms with Gasteiger partial charge in [0.1, 0.15) is 0 Å². The van der Waals surface area contributed by atoms with Crippen LogP contribution in [-0.2, 0) is 4.79 Å². The highest BCUT2D eigenvalue weighted by Crippen LogP contribution is 2.18. The van der Waals surface area contributed by atoms with Gasteiger partial charge in [-0.3, -0.25) is 10.1 Å². The smallest absolute Gasteiger partial charge is 0.241 e. The minimum atomic E-state index is 0.0227. The van der Waals surface area contributed by atoms with Crippen LogP contribution in [0.1, 0.15) is 27.2 Å². The number of nitrogens with one attached hydrogen (secondary N) is 1. The van der Waals surface area contributed by atoms with Gasteiger partial charge in [0.05, 0.1) is 12.2 Å². The predicted molar refractivity (Wildman–Crippen MR) is 66.1 cm³/mol. The van der Waals surface area contributed by atoms with E-state index in [0.717, 1.165) is 19.5 Å². The van der Waals surface area contributed by atoms with E-state index >= 15 is 0 Å². The van der Waals surface area contributed by atoms with Crippen molar-refractivity contribution in [2.24, 2.45) is 5.92 Å². The molecular formula is C12H25N3O. The van der Waals surface area contributed by atoms with Gasteiger partial charge in [0.25, 0.3) is 0 Å². The molecule has 1 N–H and O–H groups in total. The van der Waals surface area contributed by atoms with Crippen molar-refractivity contribution in [2.75, 3.05) is 27.2 Å². The van der Waals surface area contributed by atoms with E-state index < -0.39 is 0 Å². The van der Waals surface area contributed by atoms with Crippen LogP contribution < -0.4 is 5.32 Å². The van der Waals surface area contributed by atoms with Gasteiger partial charge in [-0.05, 0) is 26.4 Å². The molecule has 1 heterocycles. The van der Waals surface area contributed by atoms with Crippen molar-refractivity contribution >= 4 is 5.91 Å². The van der Waals surface area contributed by atoms with Crippen molar-refractivity contribution in [3.05, 3.63) is 0 Å². The lowest BCUT2D eigenvalue weighted by molar-refractivity contribution is -0.130. The Hall–Kier alpha value is -0.610. The molecule has 94 valence electrons. The lowest BCUT2D eigenvalue weighted by Crippen LogP contribution is -2.44. The molecule has 1 aliphatic heterocycles. The van der Waals surface area contributed by atoms with E-state index in [4.69, 9.17) is 0 Å². The summed E-state index contributed by atoms with van der Waals surface area (Å²) in [5.74, 6) is 0.728. The second-order valence-electron chi connectivity index (χ2n) is 5.15. The SMILES string of the molecule is CCC1NC(C(C)C)N(CCN(C)C)C1=O. The van der Waals surface area contributed by atoms with Crippen molar-refractivity contribution < 1.29 is 4.79 Å². The van der Waals surface area contributed by atoms with Crippen molar-refractivity contribution in [1.29, 1.82) is 0 Å². The normalized spacial score (nSPS) is 26.2. The summed E-state index contributed by atoms with van der Waals surface area (Å²) in [4.78, 5) is 16.2. The maximum absolute atomic E-state index is 12.1. The zero-order valence-electron chi connectivity index (χ0n) is 11.2. The predicted octanol–water partition coefficient (Wildman–Crippen LogP) is 0.740. The number of amides is 1. The Kier molecular flexibility index (Phi) is 4.74. The molecule has 0 aromatic heterocycles. The van der Waals surface area contributed by atoms with Gasteiger partial charge >= 0.3 is 0 Å². The summed E-state index contributed by atoms with van der Waals surface area (Å²) >= 11 is 0. The summed E-state index contributed by atoms with van der Waals surface area (Å²) in [7, 11) is 4.07. The summed E-state index contributed by atoms with van der Waals surface area (Å²) in [6.07, 6.45) is 1.08. The monoisotopic (exact) mass is 227 g/mol. The summed E-state index contributed by atoms with van der Waals surface area (Å²) < 4.78 is 0. The highest BCUT2D eigenvalue weighted by Gasteiger charge is 2.38. The Morgan fingerprint density at radius 3 is 2.50 bits per heavy atom. The van der Waals surface area contributed by atoms with Crippen LogP contribution in [0.25, 0.3) is 0 Å². The highest BCUT2D eigenvalue weighted by atomic mass is 16.2. The second-order valence-corrected chi connectivity index (χ2v) is 5.15. The molecule has 1 saturated heterocycles. The third-order valence-electron chi connectivity index (χ3n) is 3.12. The number of hydrogen-bond acceptors (Lipinski definition) is 3. The van der Waals surface area contributed by atoms with Crippen molar-refractivity contribution in [1.82, 2.24) is 15.1 Å². The zero-order chi connectivity index (χ0) is 12.3. The van der Waals surface area contributed by atoms with Crippen LogP contribution >= 0.6 is 0 Å². The van der Waals surface area contributed by atoms with Crippen molar-refractivity contribution in [3.8, 4) is 0 Å². The van der Waals surface area contributed by atoms with Crippen molar-refractivity contribution in [3.63, 3.8) is 0 Å². The number of hydrogen-bond donors (Lipinski definition) is 1. The first-order valence-corrected chi connectivity index (χ1v) is 6.18. The third kappa shape index (κ3) is 2.95. The third-order valence-corrected chi connectivity index (χ3v) is 3.12. The van der Waals surface area contributed by atoms with Crippen LogP contribution in [0.2, 0.25) is 0 Å². The number of carbonyl (C=O) groups excluding carboxylic acids is 1. The lowest BCUT2D eigenvalue weighted by atomic mass is 10.1. The minimum Gasteiger partial charge on any atom is -0.324 e. The standard InChI is InChI=1S/C12H25N3O/c1-6-10-12(16)15(8-7-14(4)5)11(13-10)9(2)3/h9-11,13H,6-8H2,1-5H3. The fourth-order valence-electron chi connectivity index (χ4n) is 2.11. The molecule has 2 atom stereocenters. The average Bonchev–Trinajstić information content (AvgIpc) is 2.52. The van der Waals surface area contributed by atoms with Crippen LogP contribution in [0.4, 0.5) is 0 Å². The number of nitrogens with zero attached hydrogens (tertiary/aromatic N) is 2. The first kappa shape index (κ1) is 13.5. The van der Waals surface area contributed by atoms with Gasteiger partial charge in [0, 0.05) is 13.1 Å². The first-order valence-electron chi connectivity index (χ1n) is 6.18. The largest absolute Gasteiger partial charge is 0.324 e. The van der Waals surface area contributed by atoms with Crippen LogP contribution in [0, 0.1) is 5.92 Å². The van der Waals surface area contributed by atoms with Gasteiger partial charge in [0.2, 0.25) is 5.91 Å². The van der Waals surface area contributed by atoms with Gasteiger partial charge in [-0.25, -0.2) is 0 Å². The molecule has 1 aliphatic rings. The maximum atomic E-state index is 12.1. The van der Waals surface area contributed by atoms with E-state index in [2.05, 4.69) is 31.0 Å². The van der Waals surface area contributed by atoms with E-state index in [1.54, 1.807) is 0 Å². The fraction of sp³-hybridized carbons (Fsp3) is 0.917. The zero-order valence-corrected chi connectivity index (χ0v) is 11.2. The molecule has 4 heteroatoms.